The van der Waals surface area contributed by atoms with Crippen LogP contribution in [-0.2, 0) is 17.7 Å². The zero-order valence-electron chi connectivity index (χ0n) is 19.4. The van der Waals surface area contributed by atoms with Crippen molar-refractivity contribution >= 4 is 28.6 Å². The standard InChI is InChI=1S/C21H28F3N9O2/c1-2-15-17-18(33(30-15)10-12-35-13-21(22,23)24)19(27-16-3-4-25-14-26-16)29-20(28-17)32-7-5-31(6-8-32)9-11-34/h3-4,14,34H,2,5-13H2,1H3,(H,25,26,27,28,29). The predicted octanol–water partition coefficient (Wildman–Crippen LogP) is 1.62. The first-order valence-electron chi connectivity index (χ1n) is 11.4. The third-order valence-corrected chi connectivity index (χ3v) is 5.59. The molecule has 1 aliphatic heterocycles. The summed E-state index contributed by atoms with van der Waals surface area (Å²) in [7, 11) is 0. The first kappa shape index (κ1) is 25.0. The lowest BCUT2D eigenvalue weighted by Crippen LogP contribution is -2.47. The fourth-order valence-electron chi connectivity index (χ4n) is 3.90. The minimum Gasteiger partial charge on any atom is -0.395 e. The van der Waals surface area contributed by atoms with Crippen LogP contribution in [0.1, 0.15) is 12.6 Å². The van der Waals surface area contributed by atoms with Crippen molar-refractivity contribution in [1.29, 1.82) is 0 Å². The Kier molecular flexibility index (Phi) is 7.93. The summed E-state index contributed by atoms with van der Waals surface area (Å²) in [6.07, 6.45) is -0.809. The number of nitrogens with one attached hydrogen (secondary N) is 1. The Bertz CT molecular complexity index is 1100. The number of aryl methyl sites for hydroxylation is 1. The van der Waals surface area contributed by atoms with E-state index < -0.39 is 12.8 Å². The molecule has 0 bridgehead atoms. The zero-order chi connectivity index (χ0) is 24.8. The summed E-state index contributed by atoms with van der Waals surface area (Å²) in [6.45, 7) is 4.23. The number of rotatable bonds is 10. The Morgan fingerprint density at radius 1 is 1.14 bits per heavy atom. The van der Waals surface area contributed by atoms with E-state index in [4.69, 9.17) is 14.7 Å². The summed E-state index contributed by atoms with van der Waals surface area (Å²) in [5, 5.41) is 17.0. The number of aromatic nitrogens is 6. The summed E-state index contributed by atoms with van der Waals surface area (Å²) in [5.74, 6) is 1.49. The van der Waals surface area contributed by atoms with E-state index in [1.807, 2.05) is 6.92 Å². The number of anilines is 3. The molecule has 3 aromatic heterocycles. The summed E-state index contributed by atoms with van der Waals surface area (Å²) in [6, 6.07) is 1.69. The van der Waals surface area contributed by atoms with Crippen LogP contribution >= 0.6 is 0 Å². The molecule has 14 heteroatoms. The Balaban J connectivity index is 1.67. The number of aliphatic hydroxyl groups is 1. The molecule has 4 heterocycles. The molecule has 2 N–H and O–H groups in total. The van der Waals surface area contributed by atoms with Gasteiger partial charge < -0.3 is 20.1 Å². The van der Waals surface area contributed by atoms with E-state index in [2.05, 4.69) is 30.2 Å². The second-order valence-corrected chi connectivity index (χ2v) is 8.03. The van der Waals surface area contributed by atoms with Gasteiger partial charge in [0, 0.05) is 38.9 Å². The molecule has 3 aromatic rings. The molecule has 1 saturated heterocycles. The lowest BCUT2D eigenvalue weighted by molar-refractivity contribution is -0.174. The third kappa shape index (κ3) is 6.32. The van der Waals surface area contributed by atoms with Crippen LogP contribution in [-0.4, -0.2) is 98.4 Å². The third-order valence-electron chi connectivity index (χ3n) is 5.59. The van der Waals surface area contributed by atoms with Gasteiger partial charge in [0.1, 0.15) is 29.8 Å². The van der Waals surface area contributed by atoms with E-state index in [-0.39, 0.29) is 19.8 Å². The molecule has 0 atom stereocenters. The van der Waals surface area contributed by atoms with Gasteiger partial charge in [-0.15, -0.1) is 0 Å². The zero-order valence-corrected chi connectivity index (χ0v) is 19.4. The molecule has 0 amide bonds. The number of nitrogens with zero attached hydrogens (tertiary/aromatic N) is 8. The fraction of sp³-hybridized carbons (Fsp3) is 0.571. The van der Waals surface area contributed by atoms with E-state index in [9.17, 15) is 18.3 Å². The highest BCUT2D eigenvalue weighted by Crippen LogP contribution is 2.29. The number of hydrogen-bond acceptors (Lipinski definition) is 10. The lowest BCUT2D eigenvalue weighted by Gasteiger charge is -2.34. The lowest BCUT2D eigenvalue weighted by atomic mass is 10.2. The number of piperazine rings is 1. The van der Waals surface area contributed by atoms with Gasteiger partial charge in [0.05, 0.1) is 25.5 Å². The Hall–Kier alpha value is -3.10. The normalized spacial score (nSPS) is 15.2. The number of hydrogen-bond donors (Lipinski definition) is 2. The van der Waals surface area contributed by atoms with Crippen molar-refractivity contribution in [3.63, 3.8) is 0 Å². The topological polar surface area (TPSA) is 117 Å². The molecule has 190 valence electrons. The number of fused-ring (bicyclic) bond motifs is 1. The molecule has 0 spiro atoms. The molecule has 0 radical (unpaired) electrons. The van der Waals surface area contributed by atoms with Crippen molar-refractivity contribution in [2.24, 2.45) is 0 Å². The summed E-state index contributed by atoms with van der Waals surface area (Å²) < 4.78 is 43.8. The number of halogens is 3. The highest BCUT2D eigenvalue weighted by molar-refractivity contribution is 5.90. The van der Waals surface area contributed by atoms with Crippen molar-refractivity contribution in [3.05, 3.63) is 24.3 Å². The molecular weight excluding hydrogens is 467 g/mol. The molecule has 35 heavy (non-hydrogen) atoms. The SMILES string of the molecule is CCc1nn(CCOCC(F)(F)F)c2c(Nc3ccncn3)nc(N3CCN(CCO)CC3)nc12. The van der Waals surface area contributed by atoms with Crippen LogP contribution in [0.3, 0.4) is 0 Å². The average molecular weight is 496 g/mol. The fourth-order valence-corrected chi connectivity index (χ4v) is 3.90. The van der Waals surface area contributed by atoms with Gasteiger partial charge in [-0.25, -0.2) is 15.0 Å². The number of aliphatic hydroxyl groups excluding tert-OH is 1. The second-order valence-electron chi connectivity index (χ2n) is 8.03. The number of β-amino-alcohol motifs (C(OH)–C–C–N with tert-alkyl or cyclic N) is 1. The highest BCUT2D eigenvalue weighted by Gasteiger charge is 2.28. The largest absolute Gasteiger partial charge is 0.411 e. The molecule has 0 aromatic carbocycles. The van der Waals surface area contributed by atoms with Crippen molar-refractivity contribution in [2.45, 2.75) is 26.1 Å². The van der Waals surface area contributed by atoms with Crippen LogP contribution in [0.25, 0.3) is 11.0 Å². The van der Waals surface area contributed by atoms with E-state index in [1.54, 1.807) is 16.9 Å². The quantitative estimate of drug-likeness (QED) is 0.402. The first-order valence-corrected chi connectivity index (χ1v) is 11.4. The Labute approximate surface area is 200 Å². The van der Waals surface area contributed by atoms with Crippen LogP contribution < -0.4 is 10.2 Å². The molecule has 0 aliphatic carbocycles. The number of alkyl halides is 3. The minimum absolute atomic E-state index is 0.105. The van der Waals surface area contributed by atoms with Crippen LogP contribution in [0.5, 0.6) is 0 Å². The van der Waals surface area contributed by atoms with Crippen molar-refractivity contribution < 1.29 is 23.0 Å². The van der Waals surface area contributed by atoms with Crippen molar-refractivity contribution in [1.82, 2.24) is 34.6 Å². The van der Waals surface area contributed by atoms with Gasteiger partial charge in [0.25, 0.3) is 0 Å². The van der Waals surface area contributed by atoms with E-state index in [0.29, 0.717) is 60.4 Å². The van der Waals surface area contributed by atoms with Gasteiger partial charge >= 0.3 is 6.18 Å². The maximum atomic E-state index is 12.5. The first-order chi connectivity index (χ1) is 16.9. The van der Waals surface area contributed by atoms with Gasteiger partial charge in [-0.2, -0.15) is 23.3 Å². The molecule has 1 aliphatic rings. The predicted molar refractivity (Wildman–Crippen MR) is 123 cm³/mol. The monoisotopic (exact) mass is 495 g/mol. The highest BCUT2D eigenvalue weighted by atomic mass is 19.4. The van der Waals surface area contributed by atoms with Gasteiger partial charge in [0.2, 0.25) is 5.95 Å². The van der Waals surface area contributed by atoms with Crippen molar-refractivity contribution in [2.75, 3.05) is 62.8 Å². The molecule has 1 fully saturated rings. The molecule has 11 nitrogen and oxygen atoms in total. The second kappa shape index (κ2) is 11.1. The average Bonchev–Trinajstić information content (AvgIpc) is 3.20. The minimum atomic E-state index is -4.39. The maximum absolute atomic E-state index is 12.5. The Morgan fingerprint density at radius 2 is 1.94 bits per heavy atom. The summed E-state index contributed by atoms with van der Waals surface area (Å²) in [4.78, 5) is 21.9. The smallest absolute Gasteiger partial charge is 0.395 e. The van der Waals surface area contributed by atoms with Crippen LogP contribution in [0, 0.1) is 0 Å². The maximum Gasteiger partial charge on any atom is 0.411 e. The van der Waals surface area contributed by atoms with E-state index in [1.165, 1.54) is 6.33 Å². The van der Waals surface area contributed by atoms with E-state index in [0.717, 1.165) is 13.1 Å². The van der Waals surface area contributed by atoms with Crippen LogP contribution in [0.15, 0.2) is 18.6 Å². The van der Waals surface area contributed by atoms with E-state index >= 15 is 0 Å². The summed E-state index contributed by atoms with van der Waals surface area (Å²) in [5.41, 5.74) is 1.91. The molecule has 0 unspecified atom stereocenters. The van der Waals surface area contributed by atoms with Crippen LogP contribution in [0.2, 0.25) is 0 Å². The van der Waals surface area contributed by atoms with Gasteiger partial charge in [0.15, 0.2) is 5.82 Å². The van der Waals surface area contributed by atoms with Gasteiger partial charge in [-0.05, 0) is 12.5 Å². The van der Waals surface area contributed by atoms with Crippen LogP contribution in [0.4, 0.5) is 30.8 Å². The van der Waals surface area contributed by atoms with Gasteiger partial charge in [-0.3, -0.25) is 9.58 Å². The Morgan fingerprint density at radius 3 is 2.60 bits per heavy atom. The molecular formula is C21H28F3N9O2. The van der Waals surface area contributed by atoms with Gasteiger partial charge in [-0.1, -0.05) is 6.92 Å². The number of ether oxygens (including phenoxy) is 1. The summed E-state index contributed by atoms with van der Waals surface area (Å²) >= 11 is 0. The molecule has 0 saturated carbocycles. The van der Waals surface area contributed by atoms with Crippen molar-refractivity contribution in [3.8, 4) is 0 Å². The molecule has 4 rings (SSSR count).